The number of carboxylic acid groups (broad SMARTS) is 1. The van der Waals surface area contributed by atoms with Gasteiger partial charge in [0.2, 0.25) is 0 Å². The zero-order valence-electron chi connectivity index (χ0n) is 10.7. The van der Waals surface area contributed by atoms with Gasteiger partial charge in [-0.3, -0.25) is 4.90 Å². The van der Waals surface area contributed by atoms with E-state index in [4.69, 9.17) is 16.3 Å². The summed E-state index contributed by atoms with van der Waals surface area (Å²) in [6.45, 7) is 1.83. The van der Waals surface area contributed by atoms with E-state index in [0.717, 1.165) is 5.56 Å². The molecule has 1 amide bonds. The minimum atomic E-state index is -1.04. The highest BCUT2D eigenvalue weighted by molar-refractivity contribution is 6.31. The van der Waals surface area contributed by atoms with Gasteiger partial charge in [0.25, 0.3) is 0 Å². The van der Waals surface area contributed by atoms with Crippen molar-refractivity contribution in [2.45, 2.75) is 13.0 Å². The van der Waals surface area contributed by atoms with Crippen LogP contribution in [0.2, 0.25) is 5.02 Å². The lowest BCUT2D eigenvalue weighted by Gasteiger charge is -2.25. The fraction of sp³-hybridized carbons (Fsp3) is 0.133. The lowest BCUT2D eigenvalue weighted by Crippen LogP contribution is -2.31. The van der Waals surface area contributed by atoms with Crippen LogP contribution in [0.3, 0.4) is 0 Å². The first-order valence-corrected chi connectivity index (χ1v) is 6.54. The molecule has 0 radical (unpaired) electrons. The number of ether oxygens (including phenoxy) is 1. The maximum Gasteiger partial charge on any atom is 0.412 e. The molecule has 1 atom stereocenters. The van der Waals surface area contributed by atoms with Crippen LogP contribution < -0.4 is 9.64 Å². The average molecular weight is 290 g/mol. The van der Waals surface area contributed by atoms with Crippen LogP contribution in [0.15, 0.2) is 42.5 Å². The highest BCUT2D eigenvalue weighted by atomic mass is 35.5. The van der Waals surface area contributed by atoms with E-state index in [1.165, 1.54) is 4.90 Å². The summed E-state index contributed by atoms with van der Waals surface area (Å²) >= 11 is 5.98. The molecular weight excluding hydrogens is 278 g/mol. The number of rotatable bonds is 0. The molecule has 0 saturated carbocycles. The predicted molar refractivity (Wildman–Crippen MR) is 76.9 cm³/mol. The van der Waals surface area contributed by atoms with Gasteiger partial charge in [0, 0.05) is 10.6 Å². The Balaban J connectivity index is 2.25. The standard InChI is InChI=1S/C15H12ClNO3/c1-9-11-4-2-3-5-13(11)20-14-7-6-10(16)8-12(14)17(9)15(18)19/h2-9H,1H3,(H,18,19). The number of hydrogen-bond acceptors (Lipinski definition) is 2. The van der Waals surface area contributed by atoms with Crippen LogP contribution in [0, 0.1) is 0 Å². The lowest BCUT2D eigenvalue weighted by atomic mass is 10.1. The smallest absolute Gasteiger partial charge is 0.412 e. The number of para-hydroxylation sites is 1. The van der Waals surface area contributed by atoms with Crippen LogP contribution in [0.4, 0.5) is 10.5 Å². The van der Waals surface area contributed by atoms with Crippen molar-refractivity contribution < 1.29 is 14.6 Å². The molecule has 0 spiro atoms. The Morgan fingerprint density at radius 1 is 1.25 bits per heavy atom. The maximum atomic E-state index is 11.6. The van der Waals surface area contributed by atoms with Gasteiger partial charge >= 0.3 is 6.09 Å². The van der Waals surface area contributed by atoms with Crippen molar-refractivity contribution >= 4 is 23.4 Å². The molecule has 0 saturated heterocycles. The molecule has 20 heavy (non-hydrogen) atoms. The van der Waals surface area contributed by atoms with Gasteiger partial charge in [-0.1, -0.05) is 29.8 Å². The molecule has 1 N–H and O–H groups in total. The van der Waals surface area contributed by atoms with Gasteiger partial charge in [-0.2, -0.15) is 0 Å². The second-order valence-electron chi connectivity index (χ2n) is 4.58. The van der Waals surface area contributed by atoms with Gasteiger partial charge in [0.15, 0.2) is 5.75 Å². The number of hydrogen-bond donors (Lipinski definition) is 1. The van der Waals surface area contributed by atoms with E-state index in [9.17, 15) is 9.90 Å². The Bertz CT molecular complexity index is 687. The SMILES string of the molecule is CC1c2ccccc2Oc2ccc(Cl)cc2N1C(=O)O. The number of fused-ring (bicyclic) bond motifs is 2. The molecule has 0 aliphatic carbocycles. The summed E-state index contributed by atoms with van der Waals surface area (Å²) in [4.78, 5) is 12.9. The first kappa shape index (κ1) is 12.8. The summed E-state index contributed by atoms with van der Waals surface area (Å²) in [6, 6.07) is 12.0. The topological polar surface area (TPSA) is 49.8 Å². The van der Waals surface area contributed by atoms with Gasteiger partial charge in [0.1, 0.15) is 5.75 Å². The Labute approximate surface area is 121 Å². The first-order chi connectivity index (χ1) is 9.58. The molecule has 1 aliphatic heterocycles. The first-order valence-electron chi connectivity index (χ1n) is 6.16. The minimum absolute atomic E-state index is 0.358. The van der Waals surface area contributed by atoms with Gasteiger partial charge < -0.3 is 9.84 Å². The molecule has 3 rings (SSSR count). The van der Waals surface area contributed by atoms with Gasteiger partial charge in [-0.15, -0.1) is 0 Å². The highest BCUT2D eigenvalue weighted by Crippen LogP contribution is 2.44. The number of amides is 1. The zero-order chi connectivity index (χ0) is 14.3. The second-order valence-corrected chi connectivity index (χ2v) is 5.02. The van der Waals surface area contributed by atoms with Crippen molar-refractivity contribution in [3.8, 4) is 11.5 Å². The molecule has 102 valence electrons. The average Bonchev–Trinajstić information content (AvgIpc) is 2.53. The Morgan fingerprint density at radius 3 is 2.75 bits per heavy atom. The number of carbonyl (C=O) groups is 1. The molecule has 0 bridgehead atoms. The number of nitrogens with zero attached hydrogens (tertiary/aromatic N) is 1. The van der Waals surface area contributed by atoms with Crippen molar-refractivity contribution in [2.24, 2.45) is 0 Å². The van der Waals surface area contributed by atoms with E-state index in [1.54, 1.807) is 18.2 Å². The molecule has 2 aromatic rings. The fourth-order valence-corrected chi connectivity index (χ4v) is 2.58. The minimum Gasteiger partial charge on any atom is -0.465 e. The highest BCUT2D eigenvalue weighted by Gasteiger charge is 2.31. The molecule has 4 nitrogen and oxygen atoms in total. The summed E-state index contributed by atoms with van der Waals surface area (Å²) < 4.78 is 5.84. The van der Waals surface area contributed by atoms with E-state index in [1.807, 2.05) is 31.2 Å². The third kappa shape index (κ3) is 1.98. The van der Waals surface area contributed by atoms with Crippen molar-refractivity contribution in [1.29, 1.82) is 0 Å². The molecule has 1 unspecified atom stereocenters. The molecule has 5 heteroatoms. The third-order valence-electron chi connectivity index (χ3n) is 3.36. The summed E-state index contributed by atoms with van der Waals surface area (Å²) in [7, 11) is 0. The maximum absolute atomic E-state index is 11.6. The van der Waals surface area contributed by atoms with Crippen molar-refractivity contribution in [3.05, 3.63) is 53.1 Å². The van der Waals surface area contributed by atoms with Gasteiger partial charge in [0.05, 0.1) is 11.7 Å². The van der Waals surface area contributed by atoms with Crippen LogP contribution in [0.5, 0.6) is 11.5 Å². The Morgan fingerprint density at radius 2 is 2.00 bits per heavy atom. The molecule has 1 aliphatic rings. The van der Waals surface area contributed by atoms with Crippen molar-refractivity contribution in [2.75, 3.05) is 4.90 Å². The third-order valence-corrected chi connectivity index (χ3v) is 3.60. The summed E-state index contributed by atoms with van der Waals surface area (Å²) in [5, 5.41) is 9.99. The molecule has 2 aromatic carbocycles. The Kier molecular flexibility index (Phi) is 3.03. The van der Waals surface area contributed by atoms with E-state index in [0.29, 0.717) is 22.2 Å². The van der Waals surface area contributed by atoms with E-state index in [-0.39, 0.29) is 6.04 Å². The van der Waals surface area contributed by atoms with Gasteiger partial charge in [-0.05, 0) is 31.2 Å². The van der Waals surface area contributed by atoms with Gasteiger partial charge in [-0.25, -0.2) is 4.79 Å². The number of halogens is 1. The fourth-order valence-electron chi connectivity index (χ4n) is 2.42. The summed E-state index contributed by atoms with van der Waals surface area (Å²) in [5.41, 5.74) is 1.27. The second kappa shape index (κ2) is 4.72. The summed E-state index contributed by atoms with van der Waals surface area (Å²) in [5.74, 6) is 1.14. The van der Waals surface area contributed by atoms with Crippen LogP contribution in [0.1, 0.15) is 18.5 Å². The molecule has 1 heterocycles. The number of anilines is 1. The van der Waals surface area contributed by atoms with Crippen LogP contribution in [-0.4, -0.2) is 11.2 Å². The van der Waals surface area contributed by atoms with Crippen LogP contribution >= 0.6 is 11.6 Å². The monoisotopic (exact) mass is 289 g/mol. The molecular formula is C15H12ClNO3. The van der Waals surface area contributed by atoms with E-state index in [2.05, 4.69) is 0 Å². The predicted octanol–water partition coefficient (Wildman–Crippen LogP) is 4.69. The normalized spacial score (nSPS) is 16.7. The molecule has 0 fully saturated rings. The van der Waals surface area contributed by atoms with E-state index >= 15 is 0 Å². The summed E-state index contributed by atoms with van der Waals surface area (Å²) in [6.07, 6.45) is -1.04. The largest absolute Gasteiger partial charge is 0.465 e. The van der Waals surface area contributed by atoms with Crippen LogP contribution in [-0.2, 0) is 0 Å². The zero-order valence-corrected chi connectivity index (χ0v) is 11.5. The molecule has 0 aromatic heterocycles. The van der Waals surface area contributed by atoms with Crippen molar-refractivity contribution in [1.82, 2.24) is 0 Å². The lowest BCUT2D eigenvalue weighted by molar-refractivity contribution is 0.199. The quantitative estimate of drug-likeness (QED) is 0.765. The Hall–Kier alpha value is -2.20. The van der Waals surface area contributed by atoms with E-state index < -0.39 is 6.09 Å². The van der Waals surface area contributed by atoms with Crippen LogP contribution in [0.25, 0.3) is 0 Å². The number of benzene rings is 2. The van der Waals surface area contributed by atoms with Crippen molar-refractivity contribution in [3.63, 3.8) is 0 Å².